The molecule has 1 atom stereocenters. The topological polar surface area (TPSA) is 91.0 Å². The van der Waals surface area contributed by atoms with Crippen LogP contribution in [0.2, 0.25) is 0 Å². The summed E-state index contributed by atoms with van der Waals surface area (Å²) in [6.45, 7) is 1.42. The van der Waals surface area contributed by atoms with Gasteiger partial charge >= 0.3 is 0 Å². The van der Waals surface area contributed by atoms with E-state index in [0.717, 1.165) is 17.7 Å². The number of nitrogens with one attached hydrogen (secondary N) is 2. The van der Waals surface area contributed by atoms with Gasteiger partial charge in [0.25, 0.3) is 5.91 Å². The highest BCUT2D eigenvalue weighted by Crippen LogP contribution is 2.29. The first kappa shape index (κ1) is 22.3. The van der Waals surface area contributed by atoms with Crippen LogP contribution in [-0.4, -0.2) is 67.9 Å². The van der Waals surface area contributed by atoms with Gasteiger partial charge in [0.1, 0.15) is 5.75 Å². The molecule has 0 spiro atoms. The first-order chi connectivity index (χ1) is 14.9. The fraction of sp³-hybridized carbons (Fsp3) is 0.348. The maximum Gasteiger partial charge on any atom is 0.276 e. The number of amides is 3. The van der Waals surface area contributed by atoms with E-state index >= 15 is 0 Å². The molecule has 3 rings (SSSR count). The molecule has 2 N–H and O–H groups in total. The lowest BCUT2D eigenvalue weighted by Crippen LogP contribution is -2.46. The zero-order chi connectivity index (χ0) is 22.2. The number of hydrogen-bond donors (Lipinski definition) is 2. The standard InChI is InChI=1S/C23H28N4O4/c1-26(2)12-13-27-15-18(14-22(27)29)23(30)25-24-21(28)16-31-20-11-7-6-10-19(20)17-8-4-3-5-9-17/h3-11,18H,12-16H2,1-2H3,(H,24,28)(H,25,30)/t18-/m0/s1. The molecular weight excluding hydrogens is 396 g/mol. The largest absolute Gasteiger partial charge is 0.483 e. The maximum absolute atomic E-state index is 12.3. The van der Waals surface area contributed by atoms with Crippen molar-refractivity contribution in [2.24, 2.45) is 5.92 Å². The second-order valence-electron chi connectivity index (χ2n) is 7.73. The van der Waals surface area contributed by atoms with Gasteiger partial charge in [-0.3, -0.25) is 25.2 Å². The molecule has 1 saturated heterocycles. The minimum absolute atomic E-state index is 0.0471. The zero-order valence-electron chi connectivity index (χ0n) is 17.8. The van der Waals surface area contributed by atoms with Crippen LogP contribution in [0.3, 0.4) is 0 Å². The molecule has 2 aromatic carbocycles. The molecule has 0 bridgehead atoms. The average molecular weight is 425 g/mol. The van der Waals surface area contributed by atoms with Gasteiger partial charge in [0.2, 0.25) is 11.8 Å². The lowest BCUT2D eigenvalue weighted by molar-refractivity contribution is -0.132. The molecule has 8 nitrogen and oxygen atoms in total. The Kier molecular flexibility index (Phi) is 7.61. The highest BCUT2D eigenvalue weighted by atomic mass is 16.5. The smallest absolute Gasteiger partial charge is 0.276 e. The molecule has 0 aliphatic carbocycles. The van der Waals surface area contributed by atoms with Crippen LogP contribution < -0.4 is 15.6 Å². The lowest BCUT2D eigenvalue weighted by atomic mass is 10.1. The summed E-state index contributed by atoms with van der Waals surface area (Å²) < 4.78 is 5.67. The third-order valence-corrected chi connectivity index (χ3v) is 5.06. The normalized spacial score (nSPS) is 15.8. The molecule has 0 aromatic heterocycles. The molecule has 1 heterocycles. The van der Waals surface area contributed by atoms with E-state index in [2.05, 4.69) is 10.9 Å². The van der Waals surface area contributed by atoms with E-state index in [1.54, 1.807) is 11.0 Å². The monoisotopic (exact) mass is 424 g/mol. The first-order valence-electron chi connectivity index (χ1n) is 10.2. The van der Waals surface area contributed by atoms with Crippen LogP contribution in [0.4, 0.5) is 0 Å². The summed E-state index contributed by atoms with van der Waals surface area (Å²) >= 11 is 0. The molecule has 31 heavy (non-hydrogen) atoms. The SMILES string of the molecule is CN(C)CCN1C[C@@H](C(=O)NNC(=O)COc2ccccc2-c2ccccc2)CC1=O. The molecule has 1 fully saturated rings. The number of carbonyl (C=O) groups excluding carboxylic acids is 3. The molecule has 0 radical (unpaired) electrons. The number of likely N-dealkylation sites (N-methyl/N-ethyl adjacent to an activating group) is 1. The fourth-order valence-corrected chi connectivity index (χ4v) is 3.35. The van der Waals surface area contributed by atoms with Gasteiger partial charge < -0.3 is 14.5 Å². The Bertz CT molecular complexity index is 917. The minimum atomic E-state index is -0.481. The number of carbonyl (C=O) groups is 3. The van der Waals surface area contributed by atoms with Gasteiger partial charge in [-0.15, -0.1) is 0 Å². The fourth-order valence-electron chi connectivity index (χ4n) is 3.35. The first-order valence-corrected chi connectivity index (χ1v) is 10.2. The maximum atomic E-state index is 12.3. The van der Waals surface area contributed by atoms with Crippen molar-refractivity contribution in [1.29, 1.82) is 0 Å². The van der Waals surface area contributed by atoms with Crippen molar-refractivity contribution in [3.05, 3.63) is 54.6 Å². The summed E-state index contributed by atoms with van der Waals surface area (Å²) in [4.78, 5) is 40.2. The van der Waals surface area contributed by atoms with Crippen molar-refractivity contribution in [2.75, 3.05) is 40.3 Å². The number of rotatable bonds is 8. The van der Waals surface area contributed by atoms with E-state index in [1.807, 2.05) is 67.5 Å². The van der Waals surface area contributed by atoms with E-state index < -0.39 is 11.8 Å². The second-order valence-corrected chi connectivity index (χ2v) is 7.73. The minimum Gasteiger partial charge on any atom is -0.483 e. The van der Waals surface area contributed by atoms with Gasteiger partial charge in [0, 0.05) is 31.6 Å². The molecule has 1 aliphatic rings. The molecular formula is C23H28N4O4. The molecule has 3 amide bonds. The van der Waals surface area contributed by atoms with Gasteiger partial charge in [0.15, 0.2) is 6.61 Å². The number of hydrazine groups is 1. The molecule has 0 saturated carbocycles. The molecule has 164 valence electrons. The van der Waals surface area contributed by atoms with Crippen LogP contribution >= 0.6 is 0 Å². The Balaban J connectivity index is 1.46. The van der Waals surface area contributed by atoms with Gasteiger partial charge in [-0.05, 0) is 25.7 Å². The van der Waals surface area contributed by atoms with Crippen LogP contribution in [0.15, 0.2) is 54.6 Å². The highest BCUT2D eigenvalue weighted by molar-refractivity contribution is 5.90. The third kappa shape index (κ3) is 6.29. The van der Waals surface area contributed by atoms with Crippen molar-refractivity contribution >= 4 is 17.7 Å². The van der Waals surface area contributed by atoms with Gasteiger partial charge in [-0.25, -0.2) is 0 Å². The van der Waals surface area contributed by atoms with Gasteiger partial charge in [0.05, 0.1) is 5.92 Å². The van der Waals surface area contributed by atoms with E-state index in [-0.39, 0.29) is 24.8 Å². The Morgan fingerprint density at radius 1 is 1.06 bits per heavy atom. The number of ether oxygens (including phenoxy) is 1. The molecule has 2 aromatic rings. The Morgan fingerprint density at radius 2 is 1.77 bits per heavy atom. The summed E-state index contributed by atoms with van der Waals surface area (Å²) in [5.74, 6) is -0.805. The summed E-state index contributed by atoms with van der Waals surface area (Å²) in [5.41, 5.74) is 6.63. The van der Waals surface area contributed by atoms with E-state index in [1.165, 1.54) is 0 Å². The van der Waals surface area contributed by atoms with Crippen LogP contribution in [0.5, 0.6) is 5.75 Å². The quantitative estimate of drug-likeness (QED) is 0.623. The van der Waals surface area contributed by atoms with Crippen molar-refractivity contribution < 1.29 is 19.1 Å². The summed E-state index contributed by atoms with van der Waals surface area (Å²) in [6, 6.07) is 17.2. The van der Waals surface area contributed by atoms with E-state index in [4.69, 9.17) is 4.74 Å². The van der Waals surface area contributed by atoms with Crippen molar-refractivity contribution in [2.45, 2.75) is 6.42 Å². The van der Waals surface area contributed by atoms with Gasteiger partial charge in [-0.2, -0.15) is 0 Å². The van der Waals surface area contributed by atoms with Crippen molar-refractivity contribution in [3.63, 3.8) is 0 Å². The van der Waals surface area contributed by atoms with E-state index in [9.17, 15) is 14.4 Å². The number of likely N-dealkylation sites (tertiary alicyclic amines) is 1. The average Bonchev–Trinajstić information content (AvgIpc) is 3.16. The highest BCUT2D eigenvalue weighted by Gasteiger charge is 2.34. The zero-order valence-corrected chi connectivity index (χ0v) is 17.8. The van der Waals surface area contributed by atoms with Crippen LogP contribution in [0, 0.1) is 5.92 Å². The Morgan fingerprint density at radius 3 is 2.52 bits per heavy atom. The summed E-state index contributed by atoms with van der Waals surface area (Å²) in [5, 5.41) is 0. The number of nitrogens with zero attached hydrogens (tertiary/aromatic N) is 2. The number of hydrogen-bond acceptors (Lipinski definition) is 5. The predicted molar refractivity (Wildman–Crippen MR) is 117 cm³/mol. The van der Waals surface area contributed by atoms with E-state index in [0.29, 0.717) is 18.8 Å². The Labute approximate surface area is 182 Å². The molecule has 8 heteroatoms. The van der Waals surface area contributed by atoms with Crippen molar-refractivity contribution in [3.8, 4) is 16.9 Å². The third-order valence-electron chi connectivity index (χ3n) is 5.06. The Hall–Kier alpha value is -3.39. The lowest BCUT2D eigenvalue weighted by Gasteiger charge is -2.19. The molecule has 0 unspecified atom stereocenters. The summed E-state index contributed by atoms with van der Waals surface area (Å²) in [7, 11) is 3.86. The molecule has 1 aliphatic heterocycles. The summed E-state index contributed by atoms with van der Waals surface area (Å²) in [6.07, 6.45) is 0.149. The van der Waals surface area contributed by atoms with Crippen LogP contribution in [-0.2, 0) is 14.4 Å². The number of para-hydroxylation sites is 1. The van der Waals surface area contributed by atoms with Gasteiger partial charge in [-0.1, -0.05) is 48.5 Å². The van der Waals surface area contributed by atoms with Crippen molar-refractivity contribution in [1.82, 2.24) is 20.7 Å². The second kappa shape index (κ2) is 10.6. The van der Waals surface area contributed by atoms with Crippen LogP contribution in [0.25, 0.3) is 11.1 Å². The van der Waals surface area contributed by atoms with Crippen LogP contribution in [0.1, 0.15) is 6.42 Å². The predicted octanol–water partition coefficient (Wildman–Crippen LogP) is 1.29. The number of benzene rings is 2.